The average Bonchev–Trinajstić information content (AvgIpc) is 3.37. The van der Waals surface area contributed by atoms with Crippen molar-refractivity contribution in [3.63, 3.8) is 0 Å². The van der Waals surface area contributed by atoms with Gasteiger partial charge in [-0.1, -0.05) is 42.3 Å². The van der Waals surface area contributed by atoms with E-state index in [4.69, 9.17) is 24.5 Å². The summed E-state index contributed by atoms with van der Waals surface area (Å²) >= 11 is 1.48. The fourth-order valence-electron chi connectivity index (χ4n) is 2.17. The molecule has 1 unspecified atom stereocenters. The molecule has 3 N–H and O–H groups in total. The van der Waals surface area contributed by atoms with Crippen LogP contribution in [0.3, 0.4) is 0 Å². The maximum Gasteiger partial charge on any atom is 0.328 e. The molecule has 1 heterocycles. The Hall–Kier alpha value is -3.16. The number of carbonyl (C=O) groups is 2. The van der Waals surface area contributed by atoms with Crippen LogP contribution >= 0.6 is 11.3 Å². The molecule has 3 aromatic rings. The summed E-state index contributed by atoms with van der Waals surface area (Å²) in [7, 11) is 1.81. The first-order valence-corrected chi connectivity index (χ1v) is 9.28. The van der Waals surface area contributed by atoms with Gasteiger partial charge < -0.3 is 20.3 Å². The number of hydrogen-bond acceptors (Lipinski definition) is 5. The van der Waals surface area contributed by atoms with Gasteiger partial charge in [0.05, 0.1) is 9.60 Å². The van der Waals surface area contributed by atoms with Gasteiger partial charge in [0.25, 0.3) is 0 Å². The molecule has 0 fully saturated rings. The molecule has 1 atom stereocenters. The van der Waals surface area contributed by atoms with Gasteiger partial charge in [0.15, 0.2) is 0 Å². The summed E-state index contributed by atoms with van der Waals surface area (Å²) in [4.78, 5) is 20.0. The van der Waals surface area contributed by atoms with Crippen LogP contribution in [0.25, 0.3) is 10.8 Å². The van der Waals surface area contributed by atoms with Crippen LogP contribution < -0.4 is 10.1 Å². The van der Waals surface area contributed by atoms with Crippen LogP contribution in [-0.2, 0) is 9.59 Å². The zero-order chi connectivity index (χ0) is 27.2. The summed E-state index contributed by atoms with van der Waals surface area (Å²) in [6, 6.07) is 0.897. The van der Waals surface area contributed by atoms with E-state index >= 15 is 0 Å². The average molecular weight is 421 g/mol. The highest BCUT2D eigenvalue weighted by molar-refractivity contribution is 7.10. The molecule has 0 spiro atoms. The third kappa shape index (κ3) is 7.40. The fourth-order valence-corrected chi connectivity index (χ4v) is 2.96. The summed E-state index contributed by atoms with van der Waals surface area (Å²) in [5, 5.41) is 20.4. The van der Waals surface area contributed by atoms with Crippen LogP contribution in [0.15, 0.2) is 72.0 Å². The van der Waals surface area contributed by atoms with E-state index in [0.29, 0.717) is 25.1 Å². The molecule has 0 radical (unpaired) electrons. The lowest BCUT2D eigenvalue weighted by Gasteiger charge is -2.19. The van der Waals surface area contributed by atoms with Crippen LogP contribution in [0.4, 0.5) is 0 Å². The molecule has 0 saturated carbocycles. The van der Waals surface area contributed by atoms with E-state index in [2.05, 4.69) is 5.32 Å². The number of aliphatic carboxylic acids is 2. The van der Waals surface area contributed by atoms with Gasteiger partial charge in [0.2, 0.25) is 0 Å². The van der Waals surface area contributed by atoms with E-state index in [1.165, 1.54) is 11.3 Å². The van der Waals surface area contributed by atoms with Gasteiger partial charge in [-0.25, -0.2) is 9.59 Å². The van der Waals surface area contributed by atoms with Crippen molar-refractivity contribution in [2.24, 2.45) is 0 Å². The van der Waals surface area contributed by atoms with Crippen molar-refractivity contribution in [3.8, 4) is 5.75 Å². The van der Waals surface area contributed by atoms with Gasteiger partial charge in [0, 0.05) is 28.8 Å². The Morgan fingerprint density at radius 2 is 1.86 bits per heavy atom. The third-order valence-electron chi connectivity index (χ3n) is 3.42. The Labute approximate surface area is 182 Å². The molecule has 2 aromatic carbocycles. The van der Waals surface area contributed by atoms with E-state index in [-0.39, 0.29) is 28.6 Å². The number of hydrogen-bond donors (Lipinski definition) is 3. The standard InChI is InChI=1S/C18H19NOS.C4H4O4/c1-19-12-11-17(18-10-5-13-21-18)20-16-9-4-7-14-6-2-3-8-15(14)16;5-3(6)1-2-4(7)8/h2-10,13,17,19H,11-12H2,1H3;1-2H,(H,5,6)(H,7,8)/i2D,3D,4D,6D,7D,8D,9D;. The lowest BCUT2D eigenvalue weighted by atomic mass is 10.1. The molecule has 7 heteroatoms. The Morgan fingerprint density at radius 1 is 1.17 bits per heavy atom. The van der Waals surface area contributed by atoms with Crippen molar-refractivity contribution in [2.75, 3.05) is 13.6 Å². The Kier molecular flexibility index (Phi) is 5.58. The number of benzene rings is 2. The lowest BCUT2D eigenvalue weighted by molar-refractivity contribution is -0.134. The molecule has 1 aromatic heterocycles. The molecule has 29 heavy (non-hydrogen) atoms. The highest BCUT2D eigenvalue weighted by Gasteiger charge is 2.15. The molecular weight excluding hydrogens is 390 g/mol. The monoisotopic (exact) mass is 420 g/mol. The molecule has 0 aliphatic carbocycles. The molecule has 0 amide bonds. The summed E-state index contributed by atoms with van der Waals surface area (Å²) in [5.74, 6) is -2.60. The summed E-state index contributed by atoms with van der Waals surface area (Å²) < 4.78 is 62.9. The summed E-state index contributed by atoms with van der Waals surface area (Å²) in [5.41, 5.74) is 0. The summed E-state index contributed by atoms with van der Waals surface area (Å²) in [6.07, 6.45) is 1.23. The topological polar surface area (TPSA) is 95.9 Å². The zero-order valence-corrected chi connectivity index (χ0v) is 16.2. The number of carboxylic acid groups (broad SMARTS) is 2. The van der Waals surface area contributed by atoms with Crippen LogP contribution in [0.1, 0.15) is 27.0 Å². The minimum atomic E-state index is -1.26. The summed E-state index contributed by atoms with van der Waals surface area (Å²) in [6.45, 7) is 0.635. The highest BCUT2D eigenvalue weighted by Crippen LogP contribution is 2.32. The van der Waals surface area contributed by atoms with E-state index in [9.17, 15) is 9.59 Å². The third-order valence-corrected chi connectivity index (χ3v) is 4.39. The Balaban J connectivity index is 0.000000493. The quantitative estimate of drug-likeness (QED) is 0.469. The normalized spacial score (nSPS) is 15.0. The fraction of sp³-hybridized carbons (Fsp3) is 0.182. The van der Waals surface area contributed by atoms with Crippen LogP contribution in [0.2, 0.25) is 0 Å². The van der Waals surface area contributed by atoms with E-state index < -0.39 is 48.3 Å². The van der Waals surface area contributed by atoms with Crippen LogP contribution in [0, 0.1) is 0 Å². The number of nitrogens with one attached hydrogen (secondary N) is 1. The smallest absolute Gasteiger partial charge is 0.328 e. The van der Waals surface area contributed by atoms with Crippen molar-refractivity contribution in [2.45, 2.75) is 12.5 Å². The van der Waals surface area contributed by atoms with E-state index in [1.807, 2.05) is 24.6 Å². The number of rotatable bonds is 8. The van der Waals surface area contributed by atoms with Gasteiger partial charge in [-0.2, -0.15) is 0 Å². The van der Waals surface area contributed by atoms with Crippen molar-refractivity contribution in [3.05, 3.63) is 76.8 Å². The second-order valence-electron chi connectivity index (χ2n) is 5.48. The van der Waals surface area contributed by atoms with Crippen LogP contribution in [0.5, 0.6) is 5.75 Å². The number of ether oxygens (including phenoxy) is 1. The molecule has 152 valence electrons. The second-order valence-corrected chi connectivity index (χ2v) is 6.46. The molecule has 0 aliphatic rings. The van der Waals surface area contributed by atoms with Crippen molar-refractivity contribution in [1.29, 1.82) is 0 Å². The van der Waals surface area contributed by atoms with Crippen molar-refractivity contribution < 1.29 is 34.1 Å². The molecular formula is C22H23NO5S. The molecule has 0 bridgehead atoms. The van der Waals surface area contributed by atoms with E-state index in [1.54, 1.807) is 0 Å². The maximum absolute atomic E-state index is 9.55. The molecule has 6 nitrogen and oxygen atoms in total. The second kappa shape index (κ2) is 11.6. The first kappa shape index (κ1) is 13.9. The maximum atomic E-state index is 9.55. The van der Waals surface area contributed by atoms with Gasteiger partial charge in [-0.3, -0.25) is 0 Å². The van der Waals surface area contributed by atoms with E-state index in [0.717, 1.165) is 4.88 Å². The van der Waals surface area contributed by atoms with Gasteiger partial charge in [0.1, 0.15) is 11.9 Å². The highest BCUT2D eigenvalue weighted by atomic mass is 32.1. The molecule has 3 rings (SSSR count). The first-order valence-electron chi connectivity index (χ1n) is 11.9. The van der Waals surface area contributed by atoms with Crippen LogP contribution in [-0.4, -0.2) is 35.7 Å². The number of fused-ring (bicyclic) bond motifs is 1. The minimum Gasteiger partial charge on any atom is -0.484 e. The molecule has 0 saturated heterocycles. The Bertz CT molecular complexity index is 1270. The van der Waals surface area contributed by atoms with Crippen molar-refractivity contribution >= 4 is 34.0 Å². The molecule has 0 aliphatic heterocycles. The predicted octanol–water partition coefficient (Wildman–Crippen LogP) is 4.34. The minimum absolute atomic E-state index is 0.0250. The van der Waals surface area contributed by atoms with Gasteiger partial charge >= 0.3 is 11.9 Å². The largest absolute Gasteiger partial charge is 0.484 e. The number of thiophene rings is 1. The van der Waals surface area contributed by atoms with Gasteiger partial charge in [-0.05, 0) is 36.5 Å². The Morgan fingerprint density at radius 3 is 2.48 bits per heavy atom. The SMILES string of the molecule is O=C(O)C=CC(=O)O.[2H]c1c([2H])c([2H])c2c(OC(CCNC)c3cccs3)c([2H])c([2H])c([2H])c2c1[2H]. The number of carboxylic acids is 2. The predicted molar refractivity (Wildman–Crippen MR) is 115 cm³/mol. The van der Waals surface area contributed by atoms with Gasteiger partial charge in [-0.15, -0.1) is 11.3 Å². The zero-order valence-electron chi connectivity index (χ0n) is 22.4. The first-order chi connectivity index (χ1) is 16.9. The van der Waals surface area contributed by atoms with Crippen molar-refractivity contribution in [1.82, 2.24) is 5.32 Å². The lowest BCUT2D eigenvalue weighted by Crippen LogP contribution is -2.15.